The zero-order valence-corrected chi connectivity index (χ0v) is 16.6. The van der Waals surface area contributed by atoms with E-state index < -0.39 is 0 Å². The Balaban J connectivity index is 1.42. The SMILES string of the molecule is CC1CC(c2ccc(CNc3cc(=O)[nH]cn3)cc2)N(C2CCCCCC2)O1. The standard InChI is InChI=1S/C22H30N4O2/c1-16-12-20(26(28-16)19-6-4-2-3-5-7-19)18-10-8-17(9-11-18)14-23-21-13-22(27)25-15-24-21/h8-11,13,15-16,19-20H,2-7,12,14H2,1H3,(H2,23,24,25,27). The van der Waals surface area contributed by atoms with Crippen LogP contribution in [0.3, 0.4) is 0 Å². The van der Waals surface area contributed by atoms with Gasteiger partial charge < -0.3 is 10.3 Å². The Labute approximate surface area is 166 Å². The molecular weight excluding hydrogens is 352 g/mol. The number of hydrogen-bond donors (Lipinski definition) is 2. The Morgan fingerprint density at radius 2 is 1.93 bits per heavy atom. The van der Waals surface area contributed by atoms with Gasteiger partial charge in [-0.1, -0.05) is 49.9 Å². The topological polar surface area (TPSA) is 70.2 Å². The average Bonchev–Trinajstić information content (AvgIpc) is 2.91. The van der Waals surface area contributed by atoms with E-state index in [4.69, 9.17) is 4.84 Å². The molecule has 1 aromatic carbocycles. The van der Waals surface area contributed by atoms with Crippen LogP contribution >= 0.6 is 0 Å². The molecule has 2 N–H and O–H groups in total. The number of H-pyrrole nitrogens is 1. The Morgan fingerprint density at radius 1 is 1.18 bits per heavy atom. The van der Waals surface area contributed by atoms with E-state index >= 15 is 0 Å². The number of hydroxylamine groups is 2. The van der Waals surface area contributed by atoms with Crippen LogP contribution in [0.25, 0.3) is 0 Å². The smallest absolute Gasteiger partial charge is 0.252 e. The molecule has 4 rings (SSSR count). The summed E-state index contributed by atoms with van der Waals surface area (Å²) in [6, 6.07) is 11.1. The van der Waals surface area contributed by atoms with Crippen molar-refractivity contribution >= 4 is 5.82 Å². The second-order valence-electron chi connectivity index (χ2n) is 8.06. The lowest BCUT2D eigenvalue weighted by Crippen LogP contribution is -2.33. The molecule has 0 spiro atoms. The molecule has 1 aliphatic carbocycles. The van der Waals surface area contributed by atoms with Crippen LogP contribution in [0.5, 0.6) is 0 Å². The molecule has 6 heteroatoms. The van der Waals surface area contributed by atoms with Crippen molar-refractivity contribution in [2.75, 3.05) is 5.32 Å². The van der Waals surface area contributed by atoms with E-state index in [2.05, 4.69) is 51.5 Å². The fourth-order valence-electron chi connectivity index (χ4n) is 4.39. The molecule has 2 heterocycles. The molecule has 2 aromatic rings. The quantitative estimate of drug-likeness (QED) is 0.760. The first-order chi connectivity index (χ1) is 13.7. The number of nitrogens with zero attached hydrogens (tertiary/aromatic N) is 2. The second-order valence-corrected chi connectivity index (χ2v) is 8.06. The van der Waals surface area contributed by atoms with Gasteiger partial charge >= 0.3 is 0 Å². The highest BCUT2D eigenvalue weighted by Gasteiger charge is 2.36. The van der Waals surface area contributed by atoms with Crippen molar-refractivity contribution in [3.8, 4) is 0 Å². The first kappa shape index (κ1) is 19.2. The molecule has 0 amide bonds. The molecule has 2 aliphatic rings. The van der Waals surface area contributed by atoms with Crippen LogP contribution in [0.1, 0.15) is 69.0 Å². The number of rotatable bonds is 5. The summed E-state index contributed by atoms with van der Waals surface area (Å²) in [4.78, 5) is 24.2. The van der Waals surface area contributed by atoms with Crippen LogP contribution in [0.4, 0.5) is 5.82 Å². The van der Waals surface area contributed by atoms with Gasteiger partial charge in [0.15, 0.2) is 0 Å². The molecule has 0 radical (unpaired) electrons. The van der Waals surface area contributed by atoms with Crippen LogP contribution in [0.15, 0.2) is 41.5 Å². The minimum Gasteiger partial charge on any atom is -0.366 e. The zero-order valence-electron chi connectivity index (χ0n) is 16.6. The van der Waals surface area contributed by atoms with Crippen LogP contribution in [-0.4, -0.2) is 27.2 Å². The van der Waals surface area contributed by atoms with Crippen LogP contribution in [0, 0.1) is 0 Å². The van der Waals surface area contributed by atoms with E-state index in [1.54, 1.807) is 0 Å². The highest BCUT2D eigenvalue weighted by molar-refractivity contribution is 5.34. The molecule has 2 atom stereocenters. The lowest BCUT2D eigenvalue weighted by molar-refractivity contribution is -0.189. The number of benzene rings is 1. The first-order valence-corrected chi connectivity index (χ1v) is 10.5. The first-order valence-electron chi connectivity index (χ1n) is 10.5. The van der Waals surface area contributed by atoms with Gasteiger partial charge in [-0.3, -0.25) is 9.63 Å². The van der Waals surface area contributed by atoms with Crippen LogP contribution in [-0.2, 0) is 11.4 Å². The van der Waals surface area contributed by atoms with Crippen molar-refractivity contribution in [2.24, 2.45) is 0 Å². The predicted molar refractivity (Wildman–Crippen MR) is 110 cm³/mol. The molecule has 1 aliphatic heterocycles. The third kappa shape index (κ3) is 4.62. The summed E-state index contributed by atoms with van der Waals surface area (Å²) in [5.74, 6) is 0.588. The maximum absolute atomic E-state index is 11.4. The summed E-state index contributed by atoms with van der Waals surface area (Å²) in [6.07, 6.45) is 10.6. The number of aromatic amines is 1. The van der Waals surface area contributed by atoms with Gasteiger partial charge in [-0.05, 0) is 37.3 Å². The van der Waals surface area contributed by atoms with Gasteiger partial charge in [0.2, 0.25) is 0 Å². The molecule has 2 fully saturated rings. The van der Waals surface area contributed by atoms with Gasteiger partial charge in [-0.25, -0.2) is 4.98 Å². The molecule has 150 valence electrons. The molecule has 1 aromatic heterocycles. The fraction of sp³-hybridized carbons (Fsp3) is 0.545. The minimum absolute atomic E-state index is 0.151. The van der Waals surface area contributed by atoms with Gasteiger partial charge in [0.1, 0.15) is 5.82 Å². The van der Waals surface area contributed by atoms with Crippen molar-refractivity contribution in [1.29, 1.82) is 0 Å². The molecule has 6 nitrogen and oxygen atoms in total. The van der Waals surface area contributed by atoms with Gasteiger partial charge in [0.05, 0.1) is 18.5 Å². The number of nitrogens with one attached hydrogen (secondary N) is 2. The highest BCUT2D eigenvalue weighted by atomic mass is 16.7. The predicted octanol–water partition coefficient (Wildman–Crippen LogP) is 4.17. The Hall–Kier alpha value is -2.18. The molecule has 0 bridgehead atoms. The Bertz CT molecular complexity index is 812. The van der Waals surface area contributed by atoms with E-state index in [1.807, 2.05) is 0 Å². The summed E-state index contributed by atoms with van der Waals surface area (Å²) in [5.41, 5.74) is 2.34. The molecule has 1 saturated carbocycles. The summed E-state index contributed by atoms with van der Waals surface area (Å²) in [5, 5.41) is 5.51. The van der Waals surface area contributed by atoms with Crippen molar-refractivity contribution in [2.45, 2.75) is 76.6 Å². The number of anilines is 1. The molecule has 28 heavy (non-hydrogen) atoms. The van der Waals surface area contributed by atoms with E-state index in [0.29, 0.717) is 24.4 Å². The lowest BCUT2D eigenvalue weighted by Gasteiger charge is -2.31. The van der Waals surface area contributed by atoms with Crippen molar-refractivity contribution in [1.82, 2.24) is 15.0 Å². The minimum atomic E-state index is -0.151. The second kappa shape index (κ2) is 8.88. The third-order valence-corrected chi connectivity index (χ3v) is 5.86. The average molecular weight is 383 g/mol. The molecule has 1 saturated heterocycles. The fourth-order valence-corrected chi connectivity index (χ4v) is 4.39. The van der Waals surface area contributed by atoms with Crippen molar-refractivity contribution in [3.63, 3.8) is 0 Å². The van der Waals surface area contributed by atoms with Crippen LogP contribution < -0.4 is 10.9 Å². The van der Waals surface area contributed by atoms with Crippen LogP contribution in [0.2, 0.25) is 0 Å². The lowest BCUT2D eigenvalue weighted by atomic mass is 9.98. The van der Waals surface area contributed by atoms with Crippen molar-refractivity contribution in [3.05, 3.63) is 58.1 Å². The summed E-state index contributed by atoms with van der Waals surface area (Å²) >= 11 is 0. The van der Waals surface area contributed by atoms with Gasteiger partial charge in [-0.2, -0.15) is 5.06 Å². The largest absolute Gasteiger partial charge is 0.366 e. The maximum Gasteiger partial charge on any atom is 0.252 e. The van der Waals surface area contributed by atoms with Gasteiger partial charge in [0.25, 0.3) is 5.56 Å². The summed E-state index contributed by atoms with van der Waals surface area (Å²) in [7, 11) is 0. The monoisotopic (exact) mass is 382 g/mol. The Kier molecular flexibility index (Phi) is 6.07. The normalized spacial score (nSPS) is 24.2. The molecule has 2 unspecified atom stereocenters. The van der Waals surface area contributed by atoms with E-state index in [0.717, 1.165) is 6.42 Å². The number of aromatic nitrogens is 2. The Morgan fingerprint density at radius 3 is 2.64 bits per heavy atom. The third-order valence-electron chi connectivity index (χ3n) is 5.86. The summed E-state index contributed by atoms with van der Waals surface area (Å²) < 4.78 is 0. The van der Waals surface area contributed by atoms with E-state index in [-0.39, 0.29) is 11.7 Å². The summed E-state index contributed by atoms with van der Waals surface area (Å²) in [6.45, 7) is 2.82. The van der Waals surface area contributed by atoms with Gasteiger partial charge in [-0.15, -0.1) is 0 Å². The highest BCUT2D eigenvalue weighted by Crippen LogP contribution is 2.38. The number of hydrogen-bond acceptors (Lipinski definition) is 5. The van der Waals surface area contributed by atoms with Crippen molar-refractivity contribution < 1.29 is 4.84 Å². The van der Waals surface area contributed by atoms with E-state index in [9.17, 15) is 4.79 Å². The van der Waals surface area contributed by atoms with E-state index in [1.165, 1.54) is 62.0 Å². The molecular formula is C22H30N4O2. The van der Waals surface area contributed by atoms with Gasteiger partial charge in [0, 0.05) is 18.7 Å². The maximum atomic E-state index is 11.4. The zero-order chi connectivity index (χ0) is 19.3.